The van der Waals surface area contributed by atoms with Gasteiger partial charge in [-0.2, -0.15) is 4.99 Å². The van der Waals surface area contributed by atoms with Crippen LogP contribution in [0.3, 0.4) is 0 Å². The minimum atomic E-state index is -0.593. The third-order valence-corrected chi connectivity index (χ3v) is 3.87. The van der Waals surface area contributed by atoms with Gasteiger partial charge in [0.1, 0.15) is 22.8 Å². The van der Waals surface area contributed by atoms with Crippen LogP contribution in [0.25, 0.3) is 0 Å². The van der Waals surface area contributed by atoms with Crippen LogP contribution in [0, 0.1) is 0 Å². The molecule has 5 nitrogen and oxygen atoms in total. The lowest BCUT2D eigenvalue weighted by Crippen LogP contribution is -2.21. The first-order valence-corrected chi connectivity index (χ1v) is 6.60. The Morgan fingerprint density at radius 1 is 1.05 bits per heavy atom. The fraction of sp³-hybridized carbons (Fsp3) is 0.533. The van der Waals surface area contributed by atoms with Gasteiger partial charge in [0, 0.05) is 12.1 Å². The molecular weight excluding hydrogens is 258 g/mol. The highest BCUT2D eigenvalue weighted by atomic mass is 16.5. The summed E-state index contributed by atoms with van der Waals surface area (Å²) in [5.74, 6) is 1.90. The van der Waals surface area contributed by atoms with Crippen LogP contribution < -0.4 is 14.2 Å². The number of ether oxygens (including phenoxy) is 3. The molecule has 1 fully saturated rings. The van der Waals surface area contributed by atoms with E-state index < -0.39 is 5.54 Å². The molecule has 0 atom stereocenters. The molecule has 1 aromatic rings. The van der Waals surface area contributed by atoms with Crippen molar-refractivity contribution in [3.05, 3.63) is 17.7 Å². The van der Waals surface area contributed by atoms with Gasteiger partial charge >= 0.3 is 0 Å². The molecule has 0 spiro atoms. The molecule has 0 saturated heterocycles. The smallest absolute Gasteiger partial charge is 0.235 e. The Morgan fingerprint density at radius 3 is 2.00 bits per heavy atom. The summed E-state index contributed by atoms with van der Waals surface area (Å²) in [5, 5.41) is 0. The Balaban J connectivity index is 2.67. The fourth-order valence-electron chi connectivity index (χ4n) is 2.93. The van der Waals surface area contributed by atoms with Gasteiger partial charge in [0.05, 0.1) is 26.9 Å². The zero-order valence-electron chi connectivity index (χ0n) is 12.1. The highest BCUT2D eigenvalue weighted by Crippen LogP contribution is 2.50. The molecule has 0 radical (unpaired) electrons. The summed E-state index contributed by atoms with van der Waals surface area (Å²) < 4.78 is 16.2. The molecule has 108 valence electrons. The minimum absolute atomic E-state index is 0.593. The Labute approximate surface area is 118 Å². The van der Waals surface area contributed by atoms with Gasteiger partial charge < -0.3 is 14.2 Å². The van der Waals surface area contributed by atoms with Gasteiger partial charge in [0.2, 0.25) is 6.08 Å². The molecule has 0 N–H and O–H groups in total. The molecule has 0 aliphatic heterocycles. The van der Waals surface area contributed by atoms with Gasteiger partial charge in [-0.25, -0.2) is 4.79 Å². The van der Waals surface area contributed by atoms with Crippen LogP contribution in [0.1, 0.15) is 31.2 Å². The summed E-state index contributed by atoms with van der Waals surface area (Å²) in [7, 11) is 4.76. The average Bonchev–Trinajstić information content (AvgIpc) is 2.95. The van der Waals surface area contributed by atoms with E-state index >= 15 is 0 Å². The normalized spacial score (nSPS) is 16.4. The van der Waals surface area contributed by atoms with Gasteiger partial charge in [-0.1, -0.05) is 12.8 Å². The van der Waals surface area contributed by atoms with Gasteiger partial charge in [-0.05, 0) is 12.8 Å². The summed E-state index contributed by atoms with van der Waals surface area (Å²) in [6, 6.07) is 3.58. The lowest BCUT2D eigenvalue weighted by Gasteiger charge is -2.27. The Kier molecular flexibility index (Phi) is 4.30. The van der Waals surface area contributed by atoms with E-state index in [1.54, 1.807) is 39.5 Å². The molecular formula is C15H19NO4. The maximum absolute atomic E-state index is 10.9. The first-order valence-electron chi connectivity index (χ1n) is 6.60. The van der Waals surface area contributed by atoms with Crippen LogP contribution in [0.2, 0.25) is 0 Å². The van der Waals surface area contributed by atoms with Crippen LogP contribution in [0.15, 0.2) is 17.1 Å². The number of carbonyl (C=O) groups excluding carboxylic acids is 1. The van der Waals surface area contributed by atoms with E-state index in [1.807, 2.05) is 0 Å². The van der Waals surface area contributed by atoms with Crippen molar-refractivity contribution in [2.75, 3.05) is 21.3 Å². The van der Waals surface area contributed by atoms with Crippen LogP contribution in [-0.2, 0) is 10.3 Å². The number of aliphatic imine (C=N–C) groups is 1. The van der Waals surface area contributed by atoms with Crippen molar-refractivity contribution in [2.24, 2.45) is 4.99 Å². The Bertz CT molecular complexity index is 504. The lowest BCUT2D eigenvalue weighted by molar-refractivity contribution is 0.340. The molecule has 2 rings (SSSR count). The van der Waals surface area contributed by atoms with Crippen molar-refractivity contribution >= 4 is 6.08 Å². The first-order chi connectivity index (χ1) is 9.70. The molecule has 5 heteroatoms. The predicted molar refractivity (Wildman–Crippen MR) is 74.4 cm³/mol. The number of rotatable bonds is 5. The molecule has 0 heterocycles. The van der Waals surface area contributed by atoms with Gasteiger partial charge in [-0.15, -0.1) is 0 Å². The van der Waals surface area contributed by atoms with Crippen LogP contribution in [0.5, 0.6) is 17.2 Å². The molecule has 0 amide bonds. The van der Waals surface area contributed by atoms with E-state index in [4.69, 9.17) is 14.2 Å². The van der Waals surface area contributed by atoms with Crippen LogP contribution in [-0.4, -0.2) is 27.4 Å². The molecule has 1 saturated carbocycles. The molecule has 0 aromatic heterocycles. The number of hydrogen-bond donors (Lipinski definition) is 0. The van der Waals surface area contributed by atoms with Crippen molar-refractivity contribution in [1.82, 2.24) is 0 Å². The fourth-order valence-corrected chi connectivity index (χ4v) is 2.93. The second kappa shape index (κ2) is 5.97. The predicted octanol–water partition coefficient (Wildman–Crippen LogP) is 2.82. The molecule has 0 bridgehead atoms. The summed E-state index contributed by atoms with van der Waals surface area (Å²) in [4.78, 5) is 15.0. The number of methoxy groups -OCH3 is 3. The molecule has 1 aliphatic carbocycles. The van der Waals surface area contributed by atoms with E-state index in [2.05, 4.69) is 4.99 Å². The van der Waals surface area contributed by atoms with E-state index in [1.165, 1.54) is 0 Å². The highest BCUT2D eigenvalue weighted by Gasteiger charge is 2.41. The molecule has 1 aliphatic rings. The summed E-state index contributed by atoms with van der Waals surface area (Å²) in [5.41, 5.74) is 0.217. The van der Waals surface area contributed by atoms with Crippen molar-refractivity contribution in [3.63, 3.8) is 0 Å². The quantitative estimate of drug-likeness (QED) is 0.613. The largest absolute Gasteiger partial charge is 0.496 e. The maximum Gasteiger partial charge on any atom is 0.235 e. The van der Waals surface area contributed by atoms with E-state index in [0.29, 0.717) is 17.2 Å². The van der Waals surface area contributed by atoms with E-state index in [9.17, 15) is 4.79 Å². The van der Waals surface area contributed by atoms with Crippen LogP contribution in [0.4, 0.5) is 0 Å². The van der Waals surface area contributed by atoms with Gasteiger partial charge in [-0.3, -0.25) is 0 Å². The second-order valence-electron chi connectivity index (χ2n) is 4.85. The SMILES string of the molecule is COc1cc(OC)c(C2(N=C=O)CCCC2)c(OC)c1. The highest BCUT2D eigenvalue weighted by molar-refractivity contribution is 5.56. The number of benzene rings is 1. The summed E-state index contributed by atoms with van der Waals surface area (Å²) >= 11 is 0. The third-order valence-electron chi connectivity index (χ3n) is 3.87. The number of nitrogens with zero attached hydrogens (tertiary/aromatic N) is 1. The maximum atomic E-state index is 10.9. The average molecular weight is 277 g/mol. The first kappa shape index (κ1) is 14.4. The van der Waals surface area contributed by atoms with Crippen LogP contribution >= 0.6 is 0 Å². The topological polar surface area (TPSA) is 57.1 Å². The summed E-state index contributed by atoms with van der Waals surface area (Å²) in [6.45, 7) is 0. The Morgan fingerprint density at radius 2 is 1.60 bits per heavy atom. The number of isocyanates is 1. The van der Waals surface area contributed by atoms with E-state index in [0.717, 1.165) is 31.2 Å². The number of hydrogen-bond acceptors (Lipinski definition) is 5. The van der Waals surface area contributed by atoms with Crippen molar-refractivity contribution < 1.29 is 19.0 Å². The van der Waals surface area contributed by atoms with Gasteiger partial charge in [0.15, 0.2) is 0 Å². The van der Waals surface area contributed by atoms with Gasteiger partial charge in [0.25, 0.3) is 0 Å². The van der Waals surface area contributed by atoms with Crippen molar-refractivity contribution in [2.45, 2.75) is 31.2 Å². The molecule has 20 heavy (non-hydrogen) atoms. The minimum Gasteiger partial charge on any atom is -0.496 e. The standard InChI is InChI=1S/C15H19NO4/c1-18-11-8-12(19-2)14(13(9-11)20-3)15(16-10-17)6-4-5-7-15/h8-9H,4-7H2,1-3H3. The third kappa shape index (κ3) is 2.37. The Hall–Kier alpha value is -2.00. The van der Waals surface area contributed by atoms with Crippen molar-refractivity contribution in [3.8, 4) is 17.2 Å². The monoisotopic (exact) mass is 277 g/mol. The van der Waals surface area contributed by atoms with E-state index in [-0.39, 0.29) is 0 Å². The lowest BCUT2D eigenvalue weighted by atomic mass is 9.87. The molecule has 0 unspecified atom stereocenters. The zero-order valence-corrected chi connectivity index (χ0v) is 12.1. The van der Waals surface area contributed by atoms with Crippen molar-refractivity contribution in [1.29, 1.82) is 0 Å². The molecule has 1 aromatic carbocycles. The summed E-state index contributed by atoms with van der Waals surface area (Å²) in [6.07, 6.45) is 5.33. The zero-order chi connectivity index (χ0) is 14.6. The second-order valence-corrected chi connectivity index (χ2v) is 4.85.